The molecule has 1 aromatic rings. The normalized spacial score (nSPS) is 15.0. The van der Waals surface area contributed by atoms with Crippen LogP contribution in [-0.2, 0) is 4.74 Å². The third kappa shape index (κ3) is 3.76. The highest BCUT2D eigenvalue weighted by Gasteiger charge is 2.24. The minimum Gasteiger partial charge on any atom is -0.444 e. The Balaban J connectivity index is 2.13. The minimum atomic E-state index is -0.504. The Kier molecular flexibility index (Phi) is 4.36. The van der Waals surface area contributed by atoms with Gasteiger partial charge in [-0.25, -0.2) is 9.78 Å². The Hall–Kier alpha value is -2.55. The molecule has 0 fully saturated rings. The van der Waals surface area contributed by atoms with Gasteiger partial charge in [0.05, 0.1) is 0 Å². The Morgan fingerprint density at radius 2 is 2.18 bits per heavy atom. The van der Waals surface area contributed by atoms with Gasteiger partial charge in [0.15, 0.2) is 0 Å². The second kappa shape index (κ2) is 6.06. The van der Waals surface area contributed by atoms with Gasteiger partial charge in [0, 0.05) is 18.7 Å². The number of nitrogens with zero attached hydrogens (tertiary/aromatic N) is 3. The molecule has 0 unspecified atom stereocenters. The van der Waals surface area contributed by atoms with Crippen LogP contribution >= 0.6 is 0 Å². The lowest BCUT2D eigenvalue weighted by Gasteiger charge is -2.29. The van der Waals surface area contributed by atoms with Crippen molar-refractivity contribution in [2.75, 3.05) is 18.8 Å². The molecule has 0 spiro atoms. The van der Waals surface area contributed by atoms with Crippen LogP contribution in [-0.4, -0.2) is 34.7 Å². The summed E-state index contributed by atoms with van der Waals surface area (Å²) in [5.41, 5.74) is 7.20. The molecule has 0 atom stereocenters. The van der Waals surface area contributed by atoms with E-state index in [0.717, 1.165) is 11.1 Å². The maximum atomic E-state index is 12.0. The third-order valence-electron chi connectivity index (χ3n) is 3.23. The van der Waals surface area contributed by atoms with E-state index in [2.05, 4.69) is 11.1 Å². The second-order valence-corrected chi connectivity index (χ2v) is 6.15. The average Bonchev–Trinajstić information content (AvgIpc) is 2.45. The van der Waals surface area contributed by atoms with Crippen molar-refractivity contribution >= 4 is 17.5 Å². The molecule has 1 aliphatic heterocycles. The zero-order valence-corrected chi connectivity index (χ0v) is 13.1. The summed E-state index contributed by atoms with van der Waals surface area (Å²) in [7, 11) is 0. The van der Waals surface area contributed by atoms with E-state index >= 15 is 0 Å². The summed E-state index contributed by atoms with van der Waals surface area (Å²) in [6, 6.07) is 5.54. The topological polar surface area (TPSA) is 92.2 Å². The molecule has 1 aromatic heterocycles. The molecule has 0 aliphatic carbocycles. The van der Waals surface area contributed by atoms with Gasteiger partial charge in [0.25, 0.3) is 0 Å². The number of aromatic nitrogens is 1. The van der Waals surface area contributed by atoms with E-state index in [1.807, 2.05) is 26.8 Å². The molecule has 0 saturated heterocycles. The van der Waals surface area contributed by atoms with Crippen molar-refractivity contribution in [3.05, 3.63) is 29.5 Å². The molecule has 1 amide bonds. The van der Waals surface area contributed by atoms with Crippen LogP contribution < -0.4 is 5.73 Å². The molecule has 0 saturated carbocycles. The fourth-order valence-electron chi connectivity index (χ4n) is 2.22. The van der Waals surface area contributed by atoms with Crippen LogP contribution in [0.3, 0.4) is 0 Å². The molecule has 2 N–H and O–H groups in total. The van der Waals surface area contributed by atoms with E-state index in [4.69, 9.17) is 15.7 Å². The van der Waals surface area contributed by atoms with E-state index in [1.54, 1.807) is 17.0 Å². The fourth-order valence-corrected chi connectivity index (χ4v) is 2.22. The second-order valence-electron chi connectivity index (χ2n) is 6.15. The molecule has 22 heavy (non-hydrogen) atoms. The Morgan fingerprint density at radius 1 is 1.45 bits per heavy atom. The highest BCUT2D eigenvalue weighted by Crippen LogP contribution is 2.25. The number of anilines is 1. The molecule has 116 valence electrons. The summed E-state index contributed by atoms with van der Waals surface area (Å²) in [4.78, 5) is 17.7. The van der Waals surface area contributed by atoms with Crippen molar-refractivity contribution in [1.82, 2.24) is 9.88 Å². The Labute approximate surface area is 130 Å². The van der Waals surface area contributed by atoms with Gasteiger partial charge in [0.1, 0.15) is 23.2 Å². The van der Waals surface area contributed by atoms with Gasteiger partial charge in [-0.1, -0.05) is 6.08 Å². The first-order chi connectivity index (χ1) is 10.3. The molecular formula is C16H20N4O2. The molecule has 6 nitrogen and oxygen atoms in total. The van der Waals surface area contributed by atoms with Crippen LogP contribution in [0.25, 0.3) is 5.57 Å². The number of nitriles is 1. The number of carbonyl (C=O) groups is 1. The summed E-state index contributed by atoms with van der Waals surface area (Å²) >= 11 is 0. The van der Waals surface area contributed by atoms with E-state index in [9.17, 15) is 4.79 Å². The van der Waals surface area contributed by atoms with Gasteiger partial charge in [-0.05, 0) is 44.9 Å². The van der Waals surface area contributed by atoms with Crippen molar-refractivity contribution < 1.29 is 9.53 Å². The van der Waals surface area contributed by atoms with E-state index in [0.29, 0.717) is 31.0 Å². The number of nitrogen functional groups attached to an aromatic ring is 1. The van der Waals surface area contributed by atoms with Crippen LogP contribution in [0.1, 0.15) is 38.4 Å². The third-order valence-corrected chi connectivity index (χ3v) is 3.23. The lowest BCUT2D eigenvalue weighted by Crippen LogP contribution is -2.39. The monoisotopic (exact) mass is 300 g/mol. The first-order valence-electron chi connectivity index (χ1n) is 7.14. The van der Waals surface area contributed by atoms with Gasteiger partial charge >= 0.3 is 6.09 Å². The predicted molar refractivity (Wildman–Crippen MR) is 83.8 cm³/mol. The van der Waals surface area contributed by atoms with Crippen LogP contribution in [0.15, 0.2) is 18.2 Å². The van der Waals surface area contributed by atoms with Crippen molar-refractivity contribution in [2.45, 2.75) is 32.8 Å². The van der Waals surface area contributed by atoms with Crippen molar-refractivity contribution in [3.8, 4) is 6.07 Å². The SMILES string of the molecule is CC(C)(C)OC(=O)N1CC=C(c2ccc(N)nc2C#N)CC1. The average molecular weight is 300 g/mol. The lowest BCUT2D eigenvalue weighted by molar-refractivity contribution is 0.0270. The number of hydrogen-bond donors (Lipinski definition) is 1. The van der Waals surface area contributed by atoms with Gasteiger partial charge in [-0.15, -0.1) is 0 Å². The largest absolute Gasteiger partial charge is 0.444 e. The first kappa shape index (κ1) is 15.8. The molecule has 6 heteroatoms. The summed E-state index contributed by atoms with van der Waals surface area (Å²) in [6.45, 7) is 6.54. The molecule has 1 aliphatic rings. The van der Waals surface area contributed by atoms with Crippen molar-refractivity contribution in [2.24, 2.45) is 0 Å². The molecule has 0 aromatic carbocycles. The van der Waals surface area contributed by atoms with Crippen LogP contribution in [0.4, 0.5) is 10.6 Å². The predicted octanol–water partition coefficient (Wildman–Crippen LogP) is 2.56. The van der Waals surface area contributed by atoms with Gasteiger partial charge < -0.3 is 15.4 Å². The smallest absolute Gasteiger partial charge is 0.410 e. The Morgan fingerprint density at radius 3 is 2.73 bits per heavy atom. The zero-order valence-electron chi connectivity index (χ0n) is 13.1. The molecule has 2 rings (SSSR count). The molecule has 2 heterocycles. The number of pyridine rings is 1. The summed E-state index contributed by atoms with van der Waals surface area (Å²) in [5, 5.41) is 9.16. The molecular weight excluding hydrogens is 280 g/mol. The minimum absolute atomic E-state index is 0.317. The van der Waals surface area contributed by atoms with Gasteiger partial charge in [-0.3, -0.25) is 0 Å². The number of carbonyl (C=O) groups excluding carboxylic acids is 1. The standard InChI is InChI=1S/C16H20N4O2/c1-16(2,3)22-15(21)20-8-6-11(7-9-20)12-4-5-14(18)19-13(12)10-17/h4-6H,7-9H2,1-3H3,(H2,18,19). The van der Waals surface area contributed by atoms with Crippen LogP contribution in [0.2, 0.25) is 0 Å². The van der Waals surface area contributed by atoms with E-state index < -0.39 is 5.60 Å². The van der Waals surface area contributed by atoms with Crippen molar-refractivity contribution in [1.29, 1.82) is 5.26 Å². The Bertz CT molecular complexity index is 653. The zero-order chi connectivity index (χ0) is 16.3. The lowest BCUT2D eigenvalue weighted by atomic mass is 9.98. The summed E-state index contributed by atoms with van der Waals surface area (Å²) in [6.07, 6.45) is 2.26. The number of rotatable bonds is 1. The number of nitrogens with two attached hydrogens (primary N) is 1. The highest BCUT2D eigenvalue weighted by atomic mass is 16.6. The fraction of sp³-hybridized carbons (Fsp3) is 0.438. The quantitative estimate of drug-likeness (QED) is 0.860. The number of ether oxygens (including phenoxy) is 1. The first-order valence-corrected chi connectivity index (χ1v) is 7.14. The number of hydrogen-bond acceptors (Lipinski definition) is 5. The van der Waals surface area contributed by atoms with Crippen LogP contribution in [0, 0.1) is 11.3 Å². The van der Waals surface area contributed by atoms with E-state index in [1.165, 1.54) is 0 Å². The summed E-state index contributed by atoms with van der Waals surface area (Å²) in [5.74, 6) is 0.326. The van der Waals surface area contributed by atoms with Crippen molar-refractivity contribution in [3.63, 3.8) is 0 Å². The molecule has 0 radical (unpaired) electrons. The maximum absolute atomic E-state index is 12.0. The molecule has 0 bridgehead atoms. The summed E-state index contributed by atoms with van der Waals surface area (Å²) < 4.78 is 5.36. The maximum Gasteiger partial charge on any atom is 0.410 e. The van der Waals surface area contributed by atoms with Gasteiger partial charge in [-0.2, -0.15) is 5.26 Å². The van der Waals surface area contributed by atoms with E-state index in [-0.39, 0.29) is 6.09 Å². The highest BCUT2D eigenvalue weighted by molar-refractivity contribution is 5.74. The van der Waals surface area contributed by atoms with Crippen LogP contribution in [0.5, 0.6) is 0 Å². The number of amides is 1. The van der Waals surface area contributed by atoms with Gasteiger partial charge in [0.2, 0.25) is 0 Å².